The van der Waals surface area contributed by atoms with Crippen LogP contribution >= 0.6 is 0 Å². The van der Waals surface area contributed by atoms with Crippen LogP contribution in [-0.2, 0) is 0 Å². The average Bonchev–Trinajstić information content (AvgIpc) is 2.33. The summed E-state index contributed by atoms with van der Waals surface area (Å²) in [6.07, 6.45) is 6.82. The lowest BCUT2D eigenvalue weighted by molar-refractivity contribution is 0.0920. The van der Waals surface area contributed by atoms with E-state index in [2.05, 4.69) is 15.3 Å². The smallest absolute Gasteiger partial charge is 0.270 e. The second-order valence-electron chi connectivity index (χ2n) is 4.18. The van der Waals surface area contributed by atoms with E-state index in [1.165, 1.54) is 6.33 Å². The molecule has 0 spiro atoms. The molecule has 0 aromatic carbocycles. The molecule has 2 rings (SSSR count). The Balaban J connectivity index is 1.88. The number of carbonyl (C=O) groups excluding carboxylic acids is 1. The minimum atomic E-state index is -0.122. The minimum absolute atomic E-state index is 0.122. The van der Waals surface area contributed by atoms with Gasteiger partial charge in [0.1, 0.15) is 12.0 Å². The van der Waals surface area contributed by atoms with Crippen LogP contribution in [0.15, 0.2) is 18.6 Å². The normalized spacial score (nSPS) is 25.1. The molecule has 0 saturated heterocycles. The standard InChI is InChI=1S/C11H16N4O/c12-8-1-3-9(4-2-8)15-11(16)10-5-6-13-7-14-10/h5-9H,1-4,12H2,(H,15,16). The van der Waals surface area contributed by atoms with Crippen LogP contribution in [-0.4, -0.2) is 28.0 Å². The third-order valence-electron chi connectivity index (χ3n) is 2.92. The summed E-state index contributed by atoms with van der Waals surface area (Å²) in [7, 11) is 0. The molecular weight excluding hydrogens is 204 g/mol. The number of hydrogen-bond acceptors (Lipinski definition) is 4. The predicted octanol–water partition coefficient (Wildman–Crippen LogP) is 0.476. The van der Waals surface area contributed by atoms with Gasteiger partial charge in [0.2, 0.25) is 0 Å². The highest BCUT2D eigenvalue weighted by molar-refractivity contribution is 5.92. The van der Waals surface area contributed by atoms with Gasteiger partial charge in [0, 0.05) is 18.3 Å². The van der Waals surface area contributed by atoms with Gasteiger partial charge < -0.3 is 11.1 Å². The summed E-state index contributed by atoms with van der Waals surface area (Å²) in [5, 5.41) is 2.97. The van der Waals surface area contributed by atoms with Crippen molar-refractivity contribution in [2.45, 2.75) is 37.8 Å². The van der Waals surface area contributed by atoms with Crippen molar-refractivity contribution in [2.75, 3.05) is 0 Å². The number of nitrogens with zero attached hydrogens (tertiary/aromatic N) is 2. The maximum absolute atomic E-state index is 11.8. The maximum atomic E-state index is 11.8. The van der Waals surface area contributed by atoms with Crippen molar-refractivity contribution in [1.82, 2.24) is 15.3 Å². The van der Waals surface area contributed by atoms with Crippen LogP contribution in [0.4, 0.5) is 0 Å². The Morgan fingerprint density at radius 3 is 2.75 bits per heavy atom. The fourth-order valence-electron chi connectivity index (χ4n) is 1.95. The first-order valence-corrected chi connectivity index (χ1v) is 5.58. The molecule has 3 N–H and O–H groups in total. The fraction of sp³-hybridized carbons (Fsp3) is 0.545. The molecular formula is C11H16N4O. The molecule has 0 bridgehead atoms. The molecule has 0 aliphatic heterocycles. The Hall–Kier alpha value is -1.49. The minimum Gasteiger partial charge on any atom is -0.348 e. The molecule has 1 amide bonds. The molecule has 16 heavy (non-hydrogen) atoms. The lowest BCUT2D eigenvalue weighted by atomic mass is 9.92. The van der Waals surface area contributed by atoms with E-state index < -0.39 is 0 Å². The van der Waals surface area contributed by atoms with Crippen molar-refractivity contribution >= 4 is 5.91 Å². The third-order valence-corrected chi connectivity index (χ3v) is 2.92. The zero-order chi connectivity index (χ0) is 11.4. The van der Waals surface area contributed by atoms with Crippen LogP contribution in [0.5, 0.6) is 0 Å². The second-order valence-corrected chi connectivity index (χ2v) is 4.18. The summed E-state index contributed by atoms with van der Waals surface area (Å²) in [5.74, 6) is -0.122. The molecule has 0 radical (unpaired) electrons. The predicted molar refractivity (Wildman–Crippen MR) is 59.7 cm³/mol. The third kappa shape index (κ3) is 2.76. The summed E-state index contributed by atoms with van der Waals surface area (Å²) in [6, 6.07) is 2.15. The monoisotopic (exact) mass is 220 g/mol. The van der Waals surface area contributed by atoms with Gasteiger partial charge in [-0.15, -0.1) is 0 Å². The number of amides is 1. The highest BCUT2D eigenvalue weighted by Gasteiger charge is 2.20. The molecule has 1 aromatic heterocycles. The van der Waals surface area contributed by atoms with Crippen molar-refractivity contribution in [3.05, 3.63) is 24.3 Å². The number of hydrogen-bond donors (Lipinski definition) is 2. The van der Waals surface area contributed by atoms with Gasteiger partial charge >= 0.3 is 0 Å². The molecule has 86 valence electrons. The number of rotatable bonds is 2. The molecule has 1 saturated carbocycles. The van der Waals surface area contributed by atoms with E-state index in [0.29, 0.717) is 11.7 Å². The zero-order valence-corrected chi connectivity index (χ0v) is 9.10. The molecule has 0 unspecified atom stereocenters. The maximum Gasteiger partial charge on any atom is 0.270 e. The lowest BCUT2D eigenvalue weighted by Gasteiger charge is -2.26. The lowest BCUT2D eigenvalue weighted by Crippen LogP contribution is -2.40. The molecule has 1 heterocycles. The largest absolute Gasteiger partial charge is 0.348 e. The number of aromatic nitrogens is 2. The number of nitrogens with one attached hydrogen (secondary N) is 1. The molecule has 1 aromatic rings. The van der Waals surface area contributed by atoms with Crippen LogP contribution in [0, 0.1) is 0 Å². The quantitative estimate of drug-likeness (QED) is 0.759. The molecule has 1 fully saturated rings. The Kier molecular flexibility index (Phi) is 3.46. The highest BCUT2D eigenvalue weighted by Crippen LogP contribution is 2.17. The van der Waals surface area contributed by atoms with Gasteiger partial charge in [0.15, 0.2) is 0 Å². The van der Waals surface area contributed by atoms with Gasteiger partial charge in [0.25, 0.3) is 5.91 Å². The van der Waals surface area contributed by atoms with Crippen LogP contribution in [0.2, 0.25) is 0 Å². The van der Waals surface area contributed by atoms with E-state index in [1.54, 1.807) is 12.3 Å². The van der Waals surface area contributed by atoms with E-state index in [-0.39, 0.29) is 11.9 Å². The summed E-state index contributed by atoms with van der Waals surface area (Å²) in [5.41, 5.74) is 6.23. The Labute approximate surface area is 94.5 Å². The van der Waals surface area contributed by atoms with Crippen LogP contribution in [0.3, 0.4) is 0 Å². The van der Waals surface area contributed by atoms with Crippen molar-refractivity contribution in [2.24, 2.45) is 5.73 Å². The molecule has 0 atom stereocenters. The van der Waals surface area contributed by atoms with E-state index >= 15 is 0 Å². The summed E-state index contributed by atoms with van der Waals surface area (Å²) < 4.78 is 0. The Morgan fingerprint density at radius 2 is 2.12 bits per heavy atom. The van der Waals surface area contributed by atoms with Crippen molar-refractivity contribution < 1.29 is 4.79 Å². The first-order valence-electron chi connectivity index (χ1n) is 5.58. The SMILES string of the molecule is NC1CCC(NC(=O)c2ccncn2)CC1. The molecule has 1 aliphatic carbocycles. The van der Waals surface area contributed by atoms with Crippen LogP contribution in [0.25, 0.3) is 0 Å². The molecule has 1 aliphatic rings. The average molecular weight is 220 g/mol. The molecule has 5 heteroatoms. The van der Waals surface area contributed by atoms with Crippen molar-refractivity contribution in [3.63, 3.8) is 0 Å². The Bertz CT molecular complexity index is 346. The summed E-state index contributed by atoms with van der Waals surface area (Å²) >= 11 is 0. The van der Waals surface area contributed by atoms with Gasteiger partial charge in [-0.2, -0.15) is 0 Å². The van der Waals surface area contributed by atoms with Crippen LogP contribution in [0.1, 0.15) is 36.2 Å². The summed E-state index contributed by atoms with van der Waals surface area (Å²) in [6.45, 7) is 0. The molecule has 5 nitrogen and oxygen atoms in total. The first-order chi connectivity index (χ1) is 7.75. The number of nitrogens with two attached hydrogens (primary N) is 1. The van der Waals surface area contributed by atoms with E-state index in [1.807, 2.05) is 0 Å². The summed E-state index contributed by atoms with van der Waals surface area (Å²) in [4.78, 5) is 19.4. The van der Waals surface area contributed by atoms with Crippen molar-refractivity contribution in [3.8, 4) is 0 Å². The zero-order valence-electron chi connectivity index (χ0n) is 9.10. The van der Waals surface area contributed by atoms with Crippen LogP contribution < -0.4 is 11.1 Å². The van der Waals surface area contributed by atoms with Gasteiger partial charge in [-0.25, -0.2) is 9.97 Å². The fourth-order valence-corrected chi connectivity index (χ4v) is 1.95. The topological polar surface area (TPSA) is 80.9 Å². The second kappa shape index (κ2) is 5.03. The van der Waals surface area contributed by atoms with Crippen molar-refractivity contribution in [1.29, 1.82) is 0 Å². The first kappa shape index (κ1) is 11.0. The van der Waals surface area contributed by atoms with E-state index in [4.69, 9.17) is 5.73 Å². The van der Waals surface area contributed by atoms with E-state index in [0.717, 1.165) is 25.7 Å². The van der Waals surface area contributed by atoms with Gasteiger partial charge in [0.05, 0.1) is 0 Å². The van der Waals surface area contributed by atoms with Gasteiger partial charge in [-0.3, -0.25) is 4.79 Å². The number of carbonyl (C=O) groups is 1. The Morgan fingerprint density at radius 1 is 1.38 bits per heavy atom. The highest BCUT2D eigenvalue weighted by atomic mass is 16.1. The van der Waals surface area contributed by atoms with Gasteiger partial charge in [-0.05, 0) is 31.7 Å². The van der Waals surface area contributed by atoms with Gasteiger partial charge in [-0.1, -0.05) is 0 Å². The van der Waals surface area contributed by atoms with E-state index in [9.17, 15) is 4.79 Å².